The van der Waals surface area contributed by atoms with Crippen molar-refractivity contribution in [3.8, 4) is 0 Å². The largest absolute Gasteiger partial charge is 0.292 e. The highest BCUT2D eigenvalue weighted by atomic mass is 79.9. The van der Waals surface area contributed by atoms with E-state index in [9.17, 15) is 0 Å². The Labute approximate surface area is 119 Å². The molecule has 0 saturated carbocycles. The molecular formula is C14H24BrN3. The second-order valence-electron chi connectivity index (χ2n) is 5.71. The van der Waals surface area contributed by atoms with E-state index in [0.29, 0.717) is 5.54 Å². The van der Waals surface area contributed by atoms with Gasteiger partial charge in [0.05, 0.1) is 15.9 Å². The second kappa shape index (κ2) is 5.33. The van der Waals surface area contributed by atoms with E-state index < -0.39 is 0 Å². The first kappa shape index (κ1) is 14.1. The van der Waals surface area contributed by atoms with Crippen LogP contribution in [0.4, 0.5) is 0 Å². The number of likely N-dealkylation sites (tertiary alicyclic amines) is 1. The number of halogens is 1. The summed E-state index contributed by atoms with van der Waals surface area (Å²) in [5.41, 5.74) is 2.85. The summed E-state index contributed by atoms with van der Waals surface area (Å²) in [6.07, 6.45) is 3.60. The van der Waals surface area contributed by atoms with Crippen LogP contribution in [0.15, 0.2) is 4.47 Å². The molecule has 2 heterocycles. The van der Waals surface area contributed by atoms with Crippen molar-refractivity contribution in [3.05, 3.63) is 15.9 Å². The summed E-state index contributed by atoms with van der Waals surface area (Å²) in [7, 11) is 0. The minimum atomic E-state index is 0.328. The predicted molar refractivity (Wildman–Crippen MR) is 78.7 cm³/mol. The molecule has 3 nitrogen and oxygen atoms in total. The Balaban J connectivity index is 2.25. The highest BCUT2D eigenvalue weighted by molar-refractivity contribution is 9.10. The first-order valence-electron chi connectivity index (χ1n) is 6.98. The van der Waals surface area contributed by atoms with E-state index in [1.165, 1.54) is 35.2 Å². The topological polar surface area (TPSA) is 21.1 Å². The molecule has 0 spiro atoms. The van der Waals surface area contributed by atoms with Crippen LogP contribution in [0.2, 0.25) is 0 Å². The van der Waals surface area contributed by atoms with Crippen molar-refractivity contribution in [1.82, 2.24) is 14.7 Å². The summed E-state index contributed by atoms with van der Waals surface area (Å²) in [5.74, 6) is 0. The number of hydrogen-bond acceptors (Lipinski definition) is 2. The molecule has 0 unspecified atom stereocenters. The first-order valence-corrected chi connectivity index (χ1v) is 7.78. The van der Waals surface area contributed by atoms with Crippen molar-refractivity contribution < 1.29 is 0 Å². The third kappa shape index (κ3) is 2.50. The molecule has 18 heavy (non-hydrogen) atoms. The number of hydrogen-bond donors (Lipinski definition) is 0. The molecular weight excluding hydrogens is 290 g/mol. The van der Waals surface area contributed by atoms with E-state index in [1.807, 2.05) is 0 Å². The maximum absolute atomic E-state index is 4.68. The standard InChI is InChI=1S/C14H24BrN3/c1-5-11-13(15)12(18(6-2)16-11)10-17-9-7-8-14(17,3)4/h5-10H2,1-4H3. The van der Waals surface area contributed by atoms with E-state index >= 15 is 0 Å². The molecule has 0 bridgehead atoms. The van der Waals surface area contributed by atoms with Crippen molar-refractivity contribution in [2.45, 2.75) is 65.6 Å². The van der Waals surface area contributed by atoms with Gasteiger partial charge < -0.3 is 0 Å². The van der Waals surface area contributed by atoms with Crippen LogP contribution in [-0.4, -0.2) is 26.8 Å². The molecule has 0 atom stereocenters. The molecule has 0 radical (unpaired) electrons. The lowest BCUT2D eigenvalue weighted by Gasteiger charge is -2.31. The predicted octanol–water partition coefficient (Wildman–Crippen LogP) is 3.60. The first-order chi connectivity index (χ1) is 8.49. The SMILES string of the molecule is CCc1nn(CC)c(CN2CCCC2(C)C)c1Br. The highest BCUT2D eigenvalue weighted by Crippen LogP contribution is 2.32. The normalized spacial score (nSPS) is 19.6. The van der Waals surface area contributed by atoms with Gasteiger partial charge >= 0.3 is 0 Å². The van der Waals surface area contributed by atoms with E-state index in [-0.39, 0.29) is 0 Å². The number of rotatable bonds is 4. The molecule has 2 rings (SSSR count). The highest BCUT2D eigenvalue weighted by Gasteiger charge is 2.33. The average Bonchev–Trinajstić information content (AvgIpc) is 2.82. The lowest BCUT2D eigenvalue weighted by Crippen LogP contribution is -2.38. The van der Waals surface area contributed by atoms with E-state index in [2.05, 4.69) is 58.3 Å². The lowest BCUT2D eigenvalue weighted by atomic mass is 10.0. The molecule has 1 aliphatic rings. The summed E-state index contributed by atoms with van der Waals surface area (Å²) in [6, 6.07) is 0. The fourth-order valence-corrected chi connectivity index (χ4v) is 3.50. The van der Waals surface area contributed by atoms with Gasteiger partial charge in [-0.3, -0.25) is 9.58 Å². The molecule has 0 N–H and O–H groups in total. The minimum absolute atomic E-state index is 0.328. The van der Waals surface area contributed by atoms with Crippen LogP contribution in [-0.2, 0) is 19.5 Å². The minimum Gasteiger partial charge on any atom is -0.292 e. The van der Waals surface area contributed by atoms with Crippen LogP contribution in [0.25, 0.3) is 0 Å². The summed E-state index contributed by atoms with van der Waals surface area (Å²) < 4.78 is 3.37. The average molecular weight is 314 g/mol. The zero-order valence-electron chi connectivity index (χ0n) is 12.0. The number of nitrogens with zero attached hydrogens (tertiary/aromatic N) is 3. The fraction of sp³-hybridized carbons (Fsp3) is 0.786. The summed E-state index contributed by atoms with van der Waals surface area (Å²) in [5, 5.41) is 4.68. The van der Waals surface area contributed by atoms with E-state index in [1.54, 1.807) is 0 Å². The summed E-state index contributed by atoms with van der Waals surface area (Å²) in [6.45, 7) is 12.2. The molecule has 102 valence electrons. The Kier molecular flexibility index (Phi) is 4.17. The van der Waals surface area contributed by atoms with Crippen molar-refractivity contribution in [2.75, 3.05) is 6.54 Å². The van der Waals surface area contributed by atoms with Crippen LogP contribution in [0.3, 0.4) is 0 Å². The molecule has 4 heteroatoms. The molecule has 0 aromatic carbocycles. The Morgan fingerprint density at radius 3 is 2.56 bits per heavy atom. The Morgan fingerprint density at radius 1 is 1.33 bits per heavy atom. The van der Waals surface area contributed by atoms with Gasteiger partial charge in [0.2, 0.25) is 0 Å². The van der Waals surface area contributed by atoms with Gasteiger partial charge in [-0.15, -0.1) is 0 Å². The van der Waals surface area contributed by atoms with Gasteiger partial charge in [-0.1, -0.05) is 6.92 Å². The van der Waals surface area contributed by atoms with E-state index in [4.69, 9.17) is 0 Å². The maximum atomic E-state index is 4.68. The molecule has 1 fully saturated rings. The van der Waals surface area contributed by atoms with Crippen molar-refractivity contribution in [1.29, 1.82) is 0 Å². The van der Waals surface area contributed by atoms with Gasteiger partial charge in [0.1, 0.15) is 0 Å². The fourth-order valence-electron chi connectivity index (χ4n) is 2.81. The van der Waals surface area contributed by atoms with Gasteiger partial charge in [0, 0.05) is 18.6 Å². The van der Waals surface area contributed by atoms with Crippen LogP contribution in [0, 0.1) is 0 Å². The van der Waals surface area contributed by atoms with Crippen molar-refractivity contribution in [2.24, 2.45) is 0 Å². The van der Waals surface area contributed by atoms with Gasteiger partial charge in [-0.2, -0.15) is 5.10 Å². The quantitative estimate of drug-likeness (QED) is 0.846. The van der Waals surface area contributed by atoms with Crippen LogP contribution in [0.5, 0.6) is 0 Å². The zero-order chi connectivity index (χ0) is 13.3. The third-order valence-corrected chi connectivity index (χ3v) is 5.02. The molecule has 1 aromatic heterocycles. The van der Waals surface area contributed by atoms with Crippen LogP contribution in [0.1, 0.15) is 51.9 Å². The molecule has 0 amide bonds. The van der Waals surface area contributed by atoms with Gasteiger partial charge in [0.25, 0.3) is 0 Å². The van der Waals surface area contributed by atoms with Gasteiger partial charge in [0.15, 0.2) is 0 Å². The Bertz CT molecular complexity index is 423. The molecule has 1 aliphatic heterocycles. The summed E-state index contributed by atoms with van der Waals surface area (Å²) in [4.78, 5) is 2.58. The van der Waals surface area contributed by atoms with Gasteiger partial charge in [-0.25, -0.2) is 0 Å². The Hall–Kier alpha value is -0.350. The zero-order valence-corrected chi connectivity index (χ0v) is 13.5. The summed E-state index contributed by atoms with van der Waals surface area (Å²) >= 11 is 3.74. The monoisotopic (exact) mass is 313 g/mol. The van der Waals surface area contributed by atoms with Crippen LogP contribution < -0.4 is 0 Å². The van der Waals surface area contributed by atoms with Crippen LogP contribution >= 0.6 is 15.9 Å². The van der Waals surface area contributed by atoms with Crippen molar-refractivity contribution >= 4 is 15.9 Å². The molecule has 1 saturated heterocycles. The van der Waals surface area contributed by atoms with E-state index in [0.717, 1.165) is 19.5 Å². The number of aryl methyl sites for hydroxylation is 2. The number of aromatic nitrogens is 2. The smallest absolute Gasteiger partial charge is 0.0767 e. The van der Waals surface area contributed by atoms with Crippen molar-refractivity contribution in [3.63, 3.8) is 0 Å². The molecule has 0 aliphatic carbocycles. The lowest BCUT2D eigenvalue weighted by molar-refractivity contribution is 0.161. The Morgan fingerprint density at radius 2 is 2.06 bits per heavy atom. The maximum Gasteiger partial charge on any atom is 0.0767 e. The third-order valence-electron chi connectivity index (χ3n) is 4.11. The second-order valence-corrected chi connectivity index (χ2v) is 6.51. The molecule has 1 aromatic rings. The van der Waals surface area contributed by atoms with Gasteiger partial charge in [-0.05, 0) is 62.5 Å².